The van der Waals surface area contributed by atoms with Gasteiger partial charge in [-0.2, -0.15) is 0 Å². The summed E-state index contributed by atoms with van der Waals surface area (Å²) in [6, 6.07) is 4.92. The molecule has 1 fully saturated rings. The standard InChI is InChI=1S/C19H15F4NO2/c20-13-5-3-11(15(21)16(13)22)4-6-14(25)19(23)8-7-18(10-26-18)17-12(19)2-1-9-24-17/h1-3,5,9H,4,6-8,10H2/t18-,19-/m0/s1. The van der Waals surface area contributed by atoms with Crippen molar-refractivity contribution < 1.29 is 27.1 Å². The topological polar surface area (TPSA) is 42.5 Å². The summed E-state index contributed by atoms with van der Waals surface area (Å²) < 4.78 is 61.1. The van der Waals surface area contributed by atoms with Gasteiger partial charge < -0.3 is 4.74 Å². The minimum absolute atomic E-state index is 0.0508. The smallest absolute Gasteiger partial charge is 0.195 e. The number of hydrogen-bond acceptors (Lipinski definition) is 3. The van der Waals surface area contributed by atoms with Crippen molar-refractivity contribution in [1.29, 1.82) is 0 Å². The number of hydrogen-bond donors (Lipinski definition) is 0. The van der Waals surface area contributed by atoms with Crippen LogP contribution < -0.4 is 0 Å². The molecule has 1 saturated heterocycles. The summed E-state index contributed by atoms with van der Waals surface area (Å²) in [6.07, 6.45) is 1.25. The van der Waals surface area contributed by atoms with E-state index in [9.17, 15) is 18.0 Å². The maximum Gasteiger partial charge on any atom is 0.195 e. The van der Waals surface area contributed by atoms with Crippen molar-refractivity contribution in [2.75, 3.05) is 6.61 Å². The fourth-order valence-electron chi connectivity index (χ4n) is 3.58. The van der Waals surface area contributed by atoms with Crippen LogP contribution in [-0.2, 0) is 27.2 Å². The van der Waals surface area contributed by atoms with Gasteiger partial charge in [0.2, 0.25) is 0 Å². The first-order valence-corrected chi connectivity index (χ1v) is 8.32. The molecule has 4 rings (SSSR count). The van der Waals surface area contributed by atoms with Crippen molar-refractivity contribution in [1.82, 2.24) is 4.98 Å². The number of ether oxygens (including phenoxy) is 1. The van der Waals surface area contributed by atoms with Crippen LogP contribution in [0.3, 0.4) is 0 Å². The van der Waals surface area contributed by atoms with Crippen LogP contribution >= 0.6 is 0 Å². The lowest BCUT2D eigenvalue weighted by Crippen LogP contribution is -2.39. The van der Waals surface area contributed by atoms with E-state index in [0.29, 0.717) is 18.7 Å². The van der Waals surface area contributed by atoms with Gasteiger partial charge in [0, 0.05) is 18.2 Å². The molecular weight excluding hydrogens is 350 g/mol. The van der Waals surface area contributed by atoms with E-state index in [-0.39, 0.29) is 30.4 Å². The number of aryl methyl sites for hydroxylation is 1. The van der Waals surface area contributed by atoms with E-state index in [1.165, 1.54) is 12.3 Å². The molecule has 1 aliphatic heterocycles. The van der Waals surface area contributed by atoms with Crippen LogP contribution in [0, 0.1) is 17.5 Å². The second kappa shape index (κ2) is 5.87. The molecule has 0 unspecified atom stereocenters. The van der Waals surface area contributed by atoms with Gasteiger partial charge in [0.1, 0.15) is 5.60 Å². The predicted octanol–water partition coefficient (Wildman–Crippen LogP) is 3.88. The number of rotatable bonds is 4. The van der Waals surface area contributed by atoms with Gasteiger partial charge in [0.15, 0.2) is 28.9 Å². The Morgan fingerprint density at radius 1 is 1.15 bits per heavy atom. The highest BCUT2D eigenvalue weighted by atomic mass is 19.2. The lowest BCUT2D eigenvalue weighted by atomic mass is 9.74. The SMILES string of the molecule is O=C(CCc1ccc(F)c(F)c1F)[C@]1(F)CC[C@]2(CO2)c2ncccc21. The van der Waals surface area contributed by atoms with Crippen LogP contribution in [0.4, 0.5) is 17.6 Å². The third-order valence-corrected chi connectivity index (χ3v) is 5.21. The molecule has 0 radical (unpaired) electrons. The molecule has 2 atom stereocenters. The van der Waals surface area contributed by atoms with Crippen LogP contribution in [0.25, 0.3) is 0 Å². The Labute approximate surface area is 147 Å². The van der Waals surface area contributed by atoms with Gasteiger partial charge in [0.25, 0.3) is 0 Å². The lowest BCUT2D eigenvalue weighted by Gasteiger charge is -2.33. The molecule has 26 heavy (non-hydrogen) atoms. The summed E-state index contributed by atoms with van der Waals surface area (Å²) in [5.41, 5.74) is -2.39. The number of pyridine rings is 1. The summed E-state index contributed by atoms with van der Waals surface area (Å²) in [5.74, 6) is -4.97. The van der Waals surface area contributed by atoms with E-state index in [0.717, 1.165) is 12.1 Å². The van der Waals surface area contributed by atoms with Crippen LogP contribution in [0.15, 0.2) is 30.5 Å². The summed E-state index contributed by atoms with van der Waals surface area (Å²) in [6.45, 7) is 0.446. The van der Waals surface area contributed by atoms with Crippen molar-refractivity contribution in [2.45, 2.75) is 37.0 Å². The van der Waals surface area contributed by atoms with Crippen LogP contribution in [0.5, 0.6) is 0 Å². The first kappa shape index (κ1) is 17.1. The minimum atomic E-state index is -2.24. The Morgan fingerprint density at radius 2 is 1.92 bits per heavy atom. The molecule has 1 spiro atoms. The van der Waals surface area contributed by atoms with Crippen molar-refractivity contribution >= 4 is 5.78 Å². The first-order chi connectivity index (χ1) is 12.4. The van der Waals surface area contributed by atoms with E-state index in [1.54, 1.807) is 6.07 Å². The lowest BCUT2D eigenvalue weighted by molar-refractivity contribution is -0.132. The Kier molecular flexibility index (Phi) is 3.87. The van der Waals surface area contributed by atoms with E-state index in [1.807, 2.05) is 0 Å². The van der Waals surface area contributed by atoms with Gasteiger partial charge in [0.05, 0.1) is 12.3 Å². The average molecular weight is 365 g/mol. The first-order valence-electron chi connectivity index (χ1n) is 8.32. The fourth-order valence-corrected chi connectivity index (χ4v) is 3.58. The van der Waals surface area contributed by atoms with Crippen molar-refractivity contribution in [3.05, 3.63) is 64.7 Å². The molecular formula is C19H15F4NO2. The quantitative estimate of drug-likeness (QED) is 0.469. The third-order valence-electron chi connectivity index (χ3n) is 5.21. The maximum absolute atomic E-state index is 15.6. The average Bonchev–Trinajstić information content (AvgIpc) is 3.43. The molecule has 0 N–H and O–H groups in total. The van der Waals surface area contributed by atoms with Crippen molar-refractivity contribution in [3.63, 3.8) is 0 Å². The zero-order valence-electron chi connectivity index (χ0n) is 13.7. The molecule has 0 bridgehead atoms. The number of Topliss-reactive ketones (excluding diaryl/α,β-unsaturated/α-hetero) is 1. The molecule has 0 amide bonds. The molecule has 3 nitrogen and oxygen atoms in total. The highest BCUT2D eigenvalue weighted by Gasteiger charge is 2.58. The number of alkyl halides is 1. The maximum atomic E-state index is 15.6. The van der Waals surface area contributed by atoms with E-state index in [4.69, 9.17) is 4.74 Å². The zero-order chi connectivity index (χ0) is 18.5. The van der Waals surface area contributed by atoms with Gasteiger partial charge in [-0.3, -0.25) is 9.78 Å². The Balaban J connectivity index is 1.58. The van der Waals surface area contributed by atoms with Crippen molar-refractivity contribution in [3.8, 4) is 0 Å². The fraction of sp³-hybridized carbons (Fsp3) is 0.368. The number of benzene rings is 1. The highest BCUT2D eigenvalue weighted by Crippen LogP contribution is 2.53. The molecule has 1 aromatic heterocycles. The van der Waals surface area contributed by atoms with Gasteiger partial charge in [-0.25, -0.2) is 17.6 Å². The number of carbonyl (C=O) groups excluding carboxylic acids is 1. The summed E-state index contributed by atoms with van der Waals surface area (Å²) in [5, 5.41) is 0. The molecule has 2 aliphatic rings. The predicted molar refractivity (Wildman–Crippen MR) is 83.5 cm³/mol. The monoisotopic (exact) mass is 365 g/mol. The van der Waals surface area contributed by atoms with Gasteiger partial charge in [-0.05, 0) is 37.0 Å². The number of ketones is 1. The van der Waals surface area contributed by atoms with Gasteiger partial charge in [-0.1, -0.05) is 12.1 Å². The molecule has 0 saturated carbocycles. The normalized spacial score (nSPS) is 26.6. The number of nitrogens with zero attached hydrogens (tertiary/aromatic N) is 1. The third kappa shape index (κ3) is 2.53. The molecule has 1 aliphatic carbocycles. The van der Waals surface area contributed by atoms with Crippen LogP contribution in [0.2, 0.25) is 0 Å². The number of fused-ring (bicyclic) bond motifs is 2. The second-order valence-corrected chi connectivity index (χ2v) is 6.74. The summed E-state index contributed by atoms with van der Waals surface area (Å²) in [7, 11) is 0. The molecule has 1 aromatic carbocycles. The second-order valence-electron chi connectivity index (χ2n) is 6.74. The van der Waals surface area contributed by atoms with E-state index >= 15 is 4.39 Å². The molecule has 2 aromatic rings. The summed E-state index contributed by atoms with van der Waals surface area (Å²) in [4.78, 5) is 16.8. The summed E-state index contributed by atoms with van der Waals surface area (Å²) >= 11 is 0. The Hall–Kier alpha value is -2.28. The molecule has 7 heteroatoms. The largest absolute Gasteiger partial charge is 0.363 e. The minimum Gasteiger partial charge on any atom is -0.363 e. The number of carbonyl (C=O) groups is 1. The van der Waals surface area contributed by atoms with E-state index < -0.39 is 34.5 Å². The molecule has 2 heterocycles. The Bertz CT molecular complexity index is 897. The number of aromatic nitrogens is 1. The molecule has 136 valence electrons. The van der Waals surface area contributed by atoms with Gasteiger partial charge in [-0.15, -0.1) is 0 Å². The van der Waals surface area contributed by atoms with E-state index in [2.05, 4.69) is 4.98 Å². The van der Waals surface area contributed by atoms with Gasteiger partial charge >= 0.3 is 0 Å². The Morgan fingerprint density at radius 3 is 2.65 bits per heavy atom. The van der Waals surface area contributed by atoms with Crippen LogP contribution in [0.1, 0.15) is 36.1 Å². The number of halogens is 4. The van der Waals surface area contributed by atoms with Crippen molar-refractivity contribution in [2.24, 2.45) is 0 Å². The number of epoxide rings is 1. The van der Waals surface area contributed by atoms with Crippen LogP contribution in [-0.4, -0.2) is 17.4 Å². The zero-order valence-corrected chi connectivity index (χ0v) is 13.7. The highest BCUT2D eigenvalue weighted by molar-refractivity contribution is 5.89.